The minimum absolute atomic E-state index is 0.145. The lowest BCUT2D eigenvalue weighted by atomic mass is 10.2. The van der Waals surface area contributed by atoms with E-state index in [-0.39, 0.29) is 11.6 Å². The minimum Gasteiger partial charge on any atom is -0.508 e. The van der Waals surface area contributed by atoms with Gasteiger partial charge in [0.25, 0.3) is 0 Å². The van der Waals surface area contributed by atoms with Crippen LogP contribution in [0.3, 0.4) is 0 Å². The van der Waals surface area contributed by atoms with Gasteiger partial charge in [-0.25, -0.2) is 0 Å². The molecule has 4 aromatic rings. The number of rotatable bonds is 1. The maximum Gasteiger partial charge on any atom is 0.203 e. The second-order valence-corrected chi connectivity index (χ2v) is 5.68. The topological polar surface area (TPSA) is 45.4 Å². The Morgan fingerprint density at radius 2 is 1.75 bits per heavy atom. The third kappa shape index (κ3) is 1.58. The van der Waals surface area contributed by atoms with Crippen LogP contribution in [-0.4, -0.2) is 14.8 Å². The van der Waals surface area contributed by atoms with Crippen LogP contribution in [0.5, 0.6) is 11.6 Å². The fourth-order valence-electron chi connectivity index (χ4n) is 2.47. The van der Waals surface area contributed by atoms with E-state index in [1.807, 2.05) is 18.3 Å². The van der Waals surface area contributed by atoms with Crippen LogP contribution in [-0.2, 0) is 0 Å². The van der Waals surface area contributed by atoms with Gasteiger partial charge in [0.2, 0.25) is 5.88 Å². The standard InChI is InChI=1S/C16H11NO2S/c18-13-4-2-11-9-17(16(19)14(11)8-13)12-3-1-10-5-6-20-15(10)7-12/h1-9,18-19H. The van der Waals surface area contributed by atoms with E-state index in [1.165, 1.54) is 10.1 Å². The van der Waals surface area contributed by atoms with Gasteiger partial charge in [-0.05, 0) is 47.2 Å². The van der Waals surface area contributed by atoms with Crippen LogP contribution < -0.4 is 0 Å². The smallest absolute Gasteiger partial charge is 0.203 e. The van der Waals surface area contributed by atoms with Gasteiger partial charge in [-0.3, -0.25) is 4.57 Å². The number of hydrogen-bond acceptors (Lipinski definition) is 3. The van der Waals surface area contributed by atoms with Crippen molar-refractivity contribution < 1.29 is 10.2 Å². The number of aromatic hydroxyl groups is 2. The van der Waals surface area contributed by atoms with Gasteiger partial charge in [-0.15, -0.1) is 11.3 Å². The Morgan fingerprint density at radius 3 is 2.65 bits per heavy atom. The Kier molecular flexibility index (Phi) is 2.28. The lowest BCUT2D eigenvalue weighted by molar-refractivity contribution is 0.447. The summed E-state index contributed by atoms with van der Waals surface area (Å²) in [6, 6.07) is 13.1. The summed E-state index contributed by atoms with van der Waals surface area (Å²) < 4.78 is 2.92. The van der Waals surface area contributed by atoms with E-state index < -0.39 is 0 Å². The molecule has 0 fully saturated rings. The van der Waals surface area contributed by atoms with E-state index in [0.717, 1.165) is 11.1 Å². The van der Waals surface area contributed by atoms with Crippen LogP contribution in [0.4, 0.5) is 0 Å². The largest absolute Gasteiger partial charge is 0.508 e. The lowest BCUT2D eigenvalue weighted by Gasteiger charge is -2.04. The SMILES string of the molecule is Oc1ccc2cn(-c3ccc4ccsc4c3)c(O)c2c1. The molecule has 0 spiro atoms. The molecule has 2 aromatic carbocycles. The average Bonchev–Trinajstić information content (AvgIpc) is 3.03. The highest BCUT2D eigenvalue weighted by molar-refractivity contribution is 7.17. The fourth-order valence-corrected chi connectivity index (χ4v) is 3.29. The van der Waals surface area contributed by atoms with E-state index in [1.54, 1.807) is 34.1 Å². The van der Waals surface area contributed by atoms with Gasteiger partial charge in [0.1, 0.15) is 5.75 Å². The van der Waals surface area contributed by atoms with Crippen molar-refractivity contribution in [3.63, 3.8) is 0 Å². The third-order valence-electron chi connectivity index (χ3n) is 3.49. The Balaban J connectivity index is 1.98. The Bertz CT molecular complexity index is 936. The second-order valence-electron chi connectivity index (χ2n) is 4.74. The van der Waals surface area contributed by atoms with Crippen molar-refractivity contribution in [1.82, 2.24) is 4.57 Å². The van der Waals surface area contributed by atoms with Crippen molar-refractivity contribution in [3.05, 3.63) is 54.0 Å². The monoisotopic (exact) mass is 281 g/mol. The summed E-state index contributed by atoms with van der Waals surface area (Å²) in [5, 5.41) is 24.7. The molecule has 0 aliphatic heterocycles. The summed E-state index contributed by atoms with van der Waals surface area (Å²) in [7, 11) is 0. The van der Waals surface area contributed by atoms with Crippen LogP contribution in [0.25, 0.3) is 26.5 Å². The number of phenolic OH excluding ortho intramolecular Hbond substituents is 1. The van der Waals surface area contributed by atoms with Crippen molar-refractivity contribution in [2.24, 2.45) is 0 Å². The Morgan fingerprint density at radius 1 is 0.900 bits per heavy atom. The van der Waals surface area contributed by atoms with Gasteiger partial charge in [0.15, 0.2) is 0 Å². The number of benzene rings is 2. The summed E-state index contributed by atoms with van der Waals surface area (Å²) in [6.45, 7) is 0. The molecule has 0 saturated carbocycles. The minimum atomic E-state index is 0.145. The Labute approximate surface area is 118 Å². The highest BCUT2D eigenvalue weighted by Gasteiger charge is 2.10. The van der Waals surface area contributed by atoms with E-state index in [9.17, 15) is 10.2 Å². The first-order valence-electron chi connectivity index (χ1n) is 6.23. The molecule has 2 heterocycles. The Hall–Kier alpha value is -2.46. The molecule has 0 radical (unpaired) electrons. The van der Waals surface area contributed by atoms with Crippen molar-refractivity contribution in [3.8, 4) is 17.3 Å². The predicted octanol–water partition coefficient (Wildman–Crippen LogP) is 4.26. The zero-order valence-electron chi connectivity index (χ0n) is 10.4. The van der Waals surface area contributed by atoms with Crippen LogP contribution in [0.1, 0.15) is 0 Å². The molecule has 0 amide bonds. The molecular weight excluding hydrogens is 270 g/mol. The number of aromatic nitrogens is 1. The number of thiophene rings is 1. The molecule has 4 heteroatoms. The number of fused-ring (bicyclic) bond motifs is 2. The first kappa shape index (κ1) is 11.4. The van der Waals surface area contributed by atoms with Crippen LogP contribution in [0.15, 0.2) is 54.0 Å². The van der Waals surface area contributed by atoms with Crippen molar-refractivity contribution in [2.75, 3.05) is 0 Å². The molecule has 0 atom stereocenters. The van der Waals surface area contributed by atoms with E-state index >= 15 is 0 Å². The van der Waals surface area contributed by atoms with E-state index in [0.29, 0.717) is 5.39 Å². The summed E-state index contributed by atoms with van der Waals surface area (Å²) in [5.74, 6) is 0.297. The normalized spacial score (nSPS) is 11.4. The molecule has 0 unspecified atom stereocenters. The number of phenols is 1. The molecular formula is C16H11NO2S. The van der Waals surface area contributed by atoms with Crippen molar-refractivity contribution in [1.29, 1.82) is 0 Å². The third-order valence-corrected chi connectivity index (χ3v) is 4.37. The molecule has 0 saturated heterocycles. The van der Waals surface area contributed by atoms with Gasteiger partial charge in [0, 0.05) is 27.4 Å². The van der Waals surface area contributed by atoms with Gasteiger partial charge >= 0.3 is 0 Å². The summed E-state index contributed by atoms with van der Waals surface area (Å²) in [6.07, 6.45) is 1.87. The highest BCUT2D eigenvalue weighted by Crippen LogP contribution is 2.33. The van der Waals surface area contributed by atoms with E-state index in [2.05, 4.69) is 17.5 Å². The molecule has 0 aliphatic carbocycles. The quantitative estimate of drug-likeness (QED) is 0.547. The van der Waals surface area contributed by atoms with Crippen molar-refractivity contribution >= 4 is 32.2 Å². The number of nitrogens with zero attached hydrogens (tertiary/aromatic N) is 1. The molecule has 4 rings (SSSR count). The maximum absolute atomic E-state index is 10.3. The second kappa shape index (κ2) is 4.02. The average molecular weight is 281 g/mol. The van der Waals surface area contributed by atoms with Crippen LogP contribution >= 0.6 is 11.3 Å². The summed E-state index contributed by atoms with van der Waals surface area (Å²) in [4.78, 5) is 0. The molecule has 3 nitrogen and oxygen atoms in total. The van der Waals surface area contributed by atoms with Gasteiger partial charge < -0.3 is 10.2 Å². The molecule has 0 aliphatic rings. The summed E-state index contributed by atoms with van der Waals surface area (Å²) >= 11 is 1.68. The van der Waals surface area contributed by atoms with Crippen LogP contribution in [0, 0.1) is 0 Å². The van der Waals surface area contributed by atoms with Crippen LogP contribution in [0.2, 0.25) is 0 Å². The van der Waals surface area contributed by atoms with Crippen molar-refractivity contribution in [2.45, 2.75) is 0 Å². The first-order chi connectivity index (χ1) is 9.72. The fraction of sp³-hybridized carbons (Fsp3) is 0. The lowest BCUT2D eigenvalue weighted by Crippen LogP contribution is -1.89. The molecule has 20 heavy (non-hydrogen) atoms. The zero-order valence-corrected chi connectivity index (χ0v) is 11.3. The van der Waals surface area contributed by atoms with Gasteiger partial charge in [0.05, 0.1) is 0 Å². The molecule has 2 N–H and O–H groups in total. The number of hydrogen-bond donors (Lipinski definition) is 2. The van der Waals surface area contributed by atoms with Gasteiger partial charge in [-0.1, -0.05) is 6.07 Å². The summed E-state index contributed by atoms with van der Waals surface area (Å²) in [5.41, 5.74) is 0.910. The molecule has 98 valence electrons. The molecule has 0 bridgehead atoms. The van der Waals surface area contributed by atoms with Gasteiger partial charge in [-0.2, -0.15) is 0 Å². The highest BCUT2D eigenvalue weighted by atomic mass is 32.1. The first-order valence-corrected chi connectivity index (χ1v) is 7.11. The van der Waals surface area contributed by atoms with E-state index in [4.69, 9.17) is 0 Å². The maximum atomic E-state index is 10.3. The zero-order chi connectivity index (χ0) is 13.7. The predicted molar refractivity (Wildman–Crippen MR) is 82.0 cm³/mol. The molecule has 2 aromatic heterocycles.